The van der Waals surface area contributed by atoms with Gasteiger partial charge in [0.25, 0.3) is 5.91 Å². The van der Waals surface area contributed by atoms with Gasteiger partial charge >= 0.3 is 6.18 Å². The van der Waals surface area contributed by atoms with Gasteiger partial charge in [0.1, 0.15) is 0 Å². The van der Waals surface area contributed by atoms with Gasteiger partial charge in [-0.1, -0.05) is 13.8 Å². The van der Waals surface area contributed by atoms with Crippen LogP contribution in [0.3, 0.4) is 0 Å². The molecule has 1 unspecified atom stereocenters. The van der Waals surface area contributed by atoms with E-state index in [0.29, 0.717) is 12.5 Å². The number of alkyl halides is 3. The molecule has 0 saturated carbocycles. The average molecular weight is 288 g/mol. The summed E-state index contributed by atoms with van der Waals surface area (Å²) in [5, 5.41) is 2.62. The summed E-state index contributed by atoms with van der Waals surface area (Å²) in [4.78, 5) is 11.7. The Balaban J connectivity index is 2.56. The van der Waals surface area contributed by atoms with Crippen LogP contribution in [0.2, 0.25) is 0 Å². The van der Waals surface area contributed by atoms with Crippen molar-refractivity contribution < 1.29 is 18.0 Å². The van der Waals surface area contributed by atoms with Crippen LogP contribution in [0.25, 0.3) is 0 Å². The van der Waals surface area contributed by atoms with E-state index in [9.17, 15) is 18.0 Å². The van der Waals surface area contributed by atoms with Crippen molar-refractivity contribution >= 4 is 5.91 Å². The molecule has 1 aromatic carbocycles. The minimum absolute atomic E-state index is 0.159. The summed E-state index contributed by atoms with van der Waals surface area (Å²) >= 11 is 0. The Morgan fingerprint density at radius 1 is 1.25 bits per heavy atom. The molecule has 1 atom stereocenters. The summed E-state index contributed by atoms with van der Waals surface area (Å²) < 4.78 is 37.1. The predicted octanol–water partition coefficient (Wildman–Crippen LogP) is 2.81. The molecule has 6 heteroatoms. The van der Waals surface area contributed by atoms with E-state index in [1.165, 1.54) is 0 Å². The minimum Gasteiger partial charge on any atom is -0.350 e. The van der Waals surface area contributed by atoms with Crippen LogP contribution < -0.4 is 11.1 Å². The van der Waals surface area contributed by atoms with Crippen molar-refractivity contribution in [1.29, 1.82) is 0 Å². The average Bonchev–Trinajstić information content (AvgIpc) is 2.34. The number of benzene rings is 1. The third kappa shape index (κ3) is 5.21. The lowest BCUT2D eigenvalue weighted by Gasteiger charge is -2.15. The maximum Gasteiger partial charge on any atom is 0.416 e. The Labute approximate surface area is 116 Å². The van der Waals surface area contributed by atoms with E-state index in [1.807, 2.05) is 13.8 Å². The number of amides is 1. The van der Waals surface area contributed by atoms with Crippen LogP contribution in [0.1, 0.15) is 36.2 Å². The number of rotatable bonds is 5. The third-order valence-corrected chi connectivity index (χ3v) is 2.77. The van der Waals surface area contributed by atoms with E-state index >= 15 is 0 Å². The number of carbonyl (C=O) groups is 1. The molecule has 1 aromatic rings. The highest BCUT2D eigenvalue weighted by molar-refractivity contribution is 5.94. The number of nitrogens with one attached hydrogen (secondary N) is 1. The van der Waals surface area contributed by atoms with Crippen LogP contribution in [0.4, 0.5) is 13.2 Å². The molecule has 0 aromatic heterocycles. The van der Waals surface area contributed by atoms with E-state index in [-0.39, 0.29) is 11.6 Å². The molecule has 0 spiro atoms. The number of halogens is 3. The molecule has 0 aliphatic rings. The van der Waals surface area contributed by atoms with Crippen molar-refractivity contribution in [3.63, 3.8) is 0 Å². The van der Waals surface area contributed by atoms with E-state index in [1.54, 1.807) is 0 Å². The number of hydrogen-bond acceptors (Lipinski definition) is 2. The van der Waals surface area contributed by atoms with Crippen molar-refractivity contribution in [2.45, 2.75) is 32.5 Å². The van der Waals surface area contributed by atoms with E-state index in [4.69, 9.17) is 5.73 Å². The smallest absolute Gasteiger partial charge is 0.350 e. The van der Waals surface area contributed by atoms with Crippen molar-refractivity contribution in [3.8, 4) is 0 Å². The molecule has 0 radical (unpaired) electrons. The summed E-state index contributed by atoms with van der Waals surface area (Å²) in [6, 6.07) is 3.94. The molecule has 0 aliphatic carbocycles. The molecule has 1 amide bonds. The standard InChI is InChI=1S/C14H19F3N2O/c1-9(2)7-12(18)8-19-13(20)10-3-5-11(6-4-10)14(15,16)17/h3-6,9,12H,7-8,18H2,1-2H3,(H,19,20). The molecular weight excluding hydrogens is 269 g/mol. The topological polar surface area (TPSA) is 55.1 Å². The van der Waals surface area contributed by atoms with Crippen molar-refractivity contribution in [2.24, 2.45) is 11.7 Å². The Morgan fingerprint density at radius 3 is 2.25 bits per heavy atom. The molecule has 0 aliphatic heterocycles. The van der Waals surface area contributed by atoms with Gasteiger partial charge in [0, 0.05) is 18.2 Å². The molecule has 0 saturated heterocycles. The third-order valence-electron chi connectivity index (χ3n) is 2.77. The van der Waals surface area contributed by atoms with Gasteiger partial charge < -0.3 is 11.1 Å². The monoisotopic (exact) mass is 288 g/mol. The highest BCUT2D eigenvalue weighted by atomic mass is 19.4. The van der Waals surface area contributed by atoms with Gasteiger partial charge in [0.15, 0.2) is 0 Å². The van der Waals surface area contributed by atoms with Gasteiger partial charge in [-0.25, -0.2) is 0 Å². The molecule has 0 fully saturated rings. The van der Waals surface area contributed by atoms with Crippen LogP contribution in [-0.4, -0.2) is 18.5 Å². The summed E-state index contributed by atoms with van der Waals surface area (Å²) in [5.74, 6) is 0.00546. The van der Waals surface area contributed by atoms with Crippen molar-refractivity contribution in [2.75, 3.05) is 6.54 Å². The maximum atomic E-state index is 12.4. The van der Waals surface area contributed by atoms with Gasteiger partial charge in [-0.2, -0.15) is 13.2 Å². The second-order valence-corrected chi connectivity index (χ2v) is 5.17. The van der Waals surface area contributed by atoms with Gasteiger partial charge in [0.2, 0.25) is 0 Å². The Morgan fingerprint density at radius 2 is 1.80 bits per heavy atom. The summed E-state index contributed by atoms with van der Waals surface area (Å²) in [5.41, 5.74) is 5.24. The summed E-state index contributed by atoms with van der Waals surface area (Å²) in [6.45, 7) is 4.35. The molecule has 112 valence electrons. The highest BCUT2D eigenvalue weighted by Crippen LogP contribution is 2.29. The molecule has 1 rings (SSSR count). The van der Waals surface area contributed by atoms with Crippen LogP contribution in [-0.2, 0) is 6.18 Å². The van der Waals surface area contributed by atoms with E-state index in [2.05, 4.69) is 5.32 Å². The van der Waals surface area contributed by atoms with Crippen LogP contribution in [0.5, 0.6) is 0 Å². The first-order chi connectivity index (χ1) is 9.20. The quantitative estimate of drug-likeness (QED) is 0.875. The molecule has 0 bridgehead atoms. The van der Waals surface area contributed by atoms with E-state index < -0.39 is 17.6 Å². The Bertz CT molecular complexity index is 441. The van der Waals surface area contributed by atoms with Crippen molar-refractivity contribution in [3.05, 3.63) is 35.4 Å². The minimum atomic E-state index is -4.39. The zero-order valence-electron chi connectivity index (χ0n) is 11.5. The molecular formula is C14H19F3N2O. The number of hydrogen-bond donors (Lipinski definition) is 2. The van der Waals surface area contributed by atoms with Gasteiger partial charge in [-0.15, -0.1) is 0 Å². The largest absolute Gasteiger partial charge is 0.416 e. The Kier molecular flexibility index (Phi) is 5.56. The van der Waals surface area contributed by atoms with Crippen molar-refractivity contribution in [1.82, 2.24) is 5.32 Å². The van der Waals surface area contributed by atoms with Crippen LogP contribution in [0.15, 0.2) is 24.3 Å². The molecule has 20 heavy (non-hydrogen) atoms. The van der Waals surface area contributed by atoms with E-state index in [0.717, 1.165) is 30.7 Å². The molecule has 3 nitrogen and oxygen atoms in total. The lowest BCUT2D eigenvalue weighted by Crippen LogP contribution is -2.38. The summed E-state index contributed by atoms with van der Waals surface area (Å²) in [7, 11) is 0. The van der Waals surface area contributed by atoms with Gasteiger partial charge in [0.05, 0.1) is 5.56 Å². The maximum absolute atomic E-state index is 12.4. The first-order valence-electron chi connectivity index (χ1n) is 6.41. The van der Waals surface area contributed by atoms with Gasteiger partial charge in [-0.3, -0.25) is 4.79 Å². The SMILES string of the molecule is CC(C)CC(N)CNC(=O)c1ccc(C(F)(F)F)cc1. The normalized spacial score (nSPS) is 13.3. The summed E-state index contributed by atoms with van der Waals surface area (Å²) in [6.07, 6.45) is -3.62. The molecule has 3 N–H and O–H groups in total. The molecule has 0 heterocycles. The van der Waals surface area contributed by atoms with Crippen LogP contribution in [0, 0.1) is 5.92 Å². The lowest BCUT2D eigenvalue weighted by molar-refractivity contribution is -0.137. The van der Waals surface area contributed by atoms with Gasteiger partial charge in [-0.05, 0) is 36.6 Å². The zero-order valence-corrected chi connectivity index (χ0v) is 11.5. The number of carbonyl (C=O) groups excluding carboxylic acids is 1. The van der Waals surface area contributed by atoms with Crippen LogP contribution >= 0.6 is 0 Å². The fourth-order valence-electron chi connectivity index (χ4n) is 1.83. The fraction of sp³-hybridized carbons (Fsp3) is 0.500. The second kappa shape index (κ2) is 6.74. The Hall–Kier alpha value is -1.56. The fourth-order valence-corrected chi connectivity index (χ4v) is 1.83. The number of nitrogens with two attached hydrogens (primary N) is 1. The first kappa shape index (κ1) is 16.5. The zero-order chi connectivity index (χ0) is 15.3. The highest BCUT2D eigenvalue weighted by Gasteiger charge is 2.30. The first-order valence-corrected chi connectivity index (χ1v) is 6.41. The predicted molar refractivity (Wildman–Crippen MR) is 71.2 cm³/mol. The lowest BCUT2D eigenvalue weighted by atomic mass is 10.0. The second-order valence-electron chi connectivity index (χ2n) is 5.17.